The van der Waals surface area contributed by atoms with E-state index in [1.165, 1.54) is 0 Å². The number of rotatable bonds is 10. The van der Waals surface area contributed by atoms with Crippen molar-refractivity contribution >= 4 is 21.6 Å². The maximum atomic E-state index is 11.9. The Morgan fingerprint density at radius 2 is 1.60 bits per heavy atom. The topological polar surface area (TPSA) is 84.5 Å². The van der Waals surface area contributed by atoms with Crippen molar-refractivity contribution < 1.29 is 17.9 Å². The summed E-state index contributed by atoms with van der Waals surface area (Å²) in [6, 6.07) is 18.0. The molecule has 0 aliphatic rings. The lowest BCUT2D eigenvalue weighted by molar-refractivity contribution is -0.121. The van der Waals surface area contributed by atoms with Crippen LogP contribution >= 0.6 is 0 Å². The predicted molar refractivity (Wildman–Crippen MR) is 98.0 cm³/mol. The van der Waals surface area contributed by atoms with Gasteiger partial charge in [0.05, 0.1) is 12.4 Å². The Balaban J connectivity index is 1.60. The number of carbonyl (C=O) groups is 1. The number of para-hydroxylation sites is 2. The number of sulfonamides is 1. The predicted octanol–water partition coefficient (Wildman–Crippen LogP) is 2.40. The van der Waals surface area contributed by atoms with E-state index < -0.39 is 10.0 Å². The van der Waals surface area contributed by atoms with Crippen LogP contribution in [0.4, 0.5) is 5.69 Å². The average molecular weight is 362 g/mol. The van der Waals surface area contributed by atoms with Gasteiger partial charge in [0.2, 0.25) is 15.9 Å². The average Bonchev–Trinajstić information content (AvgIpc) is 2.60. The van der Waals surface area contributed by atoms with Crippen molar-refractivity contribution in [3.8, 4) is 5.75 Å². The zero-order valence-electron chi connectivity index (χ0n) is 13.9. The van der Waals surface area contributed by atoms with Gasteiger partial charge in [-0.05, 0) is 30.7 Å². The minimum Gasteiger partial charge on any atom is -0.494 e. The zero-order valence-corrected chi connectivity index (χ0v) is 14.7. The van der Waals surface area contributed by atoms with Crippen molar-refractivity contribution in [1.82, 2.24) is 5.32 Å². The van der Waals surface area contributed by atoms with E-state index >= 15 is 0 Å². The third-order valence-corrected chi connectivity index (χ3v) is 4.59. The van der Waals surface area contributed by atoms with Gasteiger partial charge in [-0.25, -0.2) is 8.42 Å². The number of hydrogen-bond acceptors (Lipinski definition) is 4. The highest BCUT2D eigenvalue weighted by atomic mass is 32.2. The molecule has 0 fully saturated rings. The molecule has 2 aromatic carbocycles. The molecule has 0 aromatic heterocycles. The van der Waals surface area contributed by atoms with Crippen LogP contribution in [0.1, 0.15) is 12.8 Å². The lowest BCUT2D eigenvalue weighted by atomic mass is 10.3. The van der Waals surface area contributed by atoms with Crippen LogP contribution in [0.5, 0.6) is 5.75 Å². The Bertz CT molecular complexity index is 749. The van der Waals surface area contributed by atoms with Crippen LogP contribution in [0.25, 0.3) is 0 Å². The smallest absolute Gasteiger partial charge is 0.234 e. The van der Waals surface area contributed by atoms with Crippen molar-refractivity contribution in [2.24, 2.45) is 0 Å². The van der Waals surface area contributed by atoms with E-state index in [1.54, 1.807) is 30.3 Å². The standard InChI is InChI=1S/C18H22N2O4S/c21-18(12-7-14-24-17-10-5-2-6-11-17)19-13-15-25(22,23)20-16-8-3-1-4-9-16/h1-6,8-11,20H,7,12-15H2,(H,19,21). The van der Waals surface area contributed by atoms with Crippen LogP contribution < -0.4 is 14.8 Å². The molecule has 6 nitrogen and oxygen atoms in total. The summed E-state index contributed by atoms with van der Waals surface area (Å²) in [5.74, 6) is 0.404. The summed E-state index contributed by atoms with van der Waals surface area (Å²) in [5, 5.41) is 2.61. The van der Waals surface area contributed by atoms with Crippen molar-refractivity contribution in [2.45, 2.75) is 12.8 Å². The van der Waals surface area contributed by atoms with E-state index in [2.05, 4.69) is 10.0 Å². The Morgan fingerprint density at radius 3 is 2.28 bits per heavy atom. The Kier molecular flexibility index (Phi) is 7.28. The summed E-state index contributed by atoms with van der Waals surface area (Å²) >= 11 is 0. The van der Waals surface area contributed by atoms with Gasteiger partial charge in [0, 0.05) is 18.7 Å². The molecule has 2 rings (SSSR count). The van der Waals surface area contributed by atoms with Crippen LogP contribution in [-0.2, 0) is 14.8 Å². The molecule has 0 bridgehead atoms. The lowest BCUT2D eigenvalue weighted by Gasteiger charge is -2.09. The largest absolute Gasteiger partial charge is 0.494 e. The Hall–Kier alpha value is -2.54. The van der Waals surface area contributed by atoms with Crippen molar-refractivity contribution in [3.63, 3.8) is 0 Å². The lowest BCUT2D eigenvalue weighted by Crippen LogP contribution is -2.31. The van der Waals surface area contributed by atoms with Crippen LogP contribution in [0.2, 0.25) is 0 Å². The molecular weight excluding hydrogens is 340 g/mol. The van der Waals surface area contributed by atoms with Crippen LogP contribution in [-0.4, -0.2) is 33.2 Å². The normalized spacial score (nSPS) is 10.9. The van der Waals surface area contributed by atoms with E-state index in [9.17, 15) is 13.2 Å². The fourth-order valence-corrected chi connectivity index (χ4v) is 3.06. The van der Waals surface area contributed by atoms with Crippen LogP contribution in [0.15, 0.2) is 60.7 Å². The van der Waals surface area contributed by atoms with Gasteiger partial charge >= 0.3 is 0 Å². The molecule has 7 heteroatoms. The van der Waals surface area contributed by atoms with Gasteiger partial charge in [0.15, 0.2) is 0 Å². The first-order chi connectivity index (χ1) is 12.1. The zero-order chi connectivity index (χ0) is 18.0. The fourth-order valence-electron chi connectivity index (χ4n) is 2.09. The van der Waals surface area contributed by atoms with Gasteiger partial charge in [0.1, 0.15) is 5.75 Å². The maximum absolute atomic E-state index is 11.9. The number of carbonyl (C=O) groups excluding carboxylic acids is 1. The summed E-state index contributed by atoms with van der Waals surface area (Å²) < 4.78 is 31.8. The molecule has 1 amide bonds. The first-order valence-corrected chi connectivity index (χ1v) is 9.70. The first kappa shape index (κ1) is 18.8. The first-order valence-electron chi connectivity index (χ1n) is 8.05. The molecule has 25 heavy (non-hydrogen) atoms. The molecule has 2 aromatic rings. The summed E-state index contributed by atoms with van der Waals surface area (Å²) in [6.07, 6.45) is 0.856. The molecule has 0 saturated carbocycles. The third-order valence-electron chi connectivity index (χ3n) is 3.30. The molecular formula is C18H22N2O4S. The van der Waals surface area contributed by atoms with Crippen LogP contribution in [0, 0.1) is 0 Å². The molecule has 0 atom stereocenters. The molecule has 0 unspecified atom stereocenters. The van der Waals surface area contributed by atoms with Gasteiger partial charge in [0.25, 0.3) is 0 Å². The van der Waals surface area contributed by atoms with Gasteiger partial charge in [-0.15, -0.1) is 0 Å². The molecule has 0 spiro atoms. The fraction of sp³-hybridized carbons (Fsp3) is 0.278. The van der Waals surface area contributed by atoms with E-state index in [0.29, 0.717) is 25.1 Å². The SMILES string of the molecule is O=C(CCCOc1ccccc1)NCCS(=O)(=O)Nc1ccccc1. The molecule has 0 radical (unpaired) electrons. The van der Waals surface area contributed by atoms with E-state index in [1.807, 2.05) is 30.3 Å². The number of ether oxygens (including phenoxy) is 1. The summed E-state index contributed by atoms with van der Waals surface area (Å²) in [7, 11) is -3.48. The molecule has 134 valence electrons. The highest BCUT2D eigenvalue weighted by Gasteiger charge is 2.11. The number of benzene rings is 2. The molecule has 0 heterocycles. The molecule has 0 aliphatic heterocycles. The highest BCUT2D eigenvalue weighted by molar-refractivity contribution is 7.92. The summed E-state index contributed by atoms with van der Waals surface area (Å²) in [5.41, 5.74) is 0.506. The monoisotopic (exact) mass is 362 g/mol. The molecule has 2 N–H and O–H groups in total. The van der Waals surface area contributed by atoms with Gasteiger partial charge in [-0.1, -0.05) is 36.4 Å². The van der Waals surface area contributed by atoms with Crippen LogP contribution in [0.3, 0.4) is 0 Å². The van der Waals surface area contributed by atoms with Gasteiger partial charge < -0.3 is 10.1 Å². The Morgan fingerprint density at radius 1 is 0.960 bits per heavy atom. The second kappa shape index (κ2) is 9.68. The van der Waals surface area contributed by atoms with E-state index in [-0.39, 0.29) is 18.2 Å². The van der Waals surface area contributed by atoms with Crippen molar-refractivity contribution in [3.05, 3.63) is 60.7 Å². The quantitative estimate of drug-likeness (QED) is 0.636. The molecule has 0 saturated heterocycles. The second-order valence-electron chi connectivity index (χ2n) is 5.40. The van der Waals surface area contributed by atoms with E-state index in [4.69, 9.17) is 4.74 Å². The number of amides is 1. The third kappa shape index (κ3) is 7.71. The highest BCUT2D eigenvalue weighted by Crippen LogP contribution is 2.09. The Labute approximate surface area is 148 Å². The van der Waals surface area contributed by atoms with Crippen molar-refractivity contribution in [2.75, 3.05) is 23.6 Å². The minimum atomic E-state index is -3.48. The summed E-state index contributed by atoms with van der Waals surface area (Å²) in [4.78, 5) is 11.7. The number of nitrogens with one attached hydrogen (secondary N) is 2. The second-order valence-corrected chi connectivity index (χ2v) is 7.24. The minimum absolute atomic E-state index is 0.0700. The van der Waals surface area contributed by atoms with Gasteiger partial charge in [-0.2, -0.15) is 0 Å². The summed E-state index contributed by atoms with van der Waals surface area (Å²) in [6.45, 7) is 0.506. The molecule has 0 aliphatic carbocycles. The number of hydrogen-bond donors (Lipinski definition) is 2. The maximum Gasteiger partial charge on any atom is 0.234 e. The van der Waals surface area contributed by atoms with E-state index in [0.717, 1.165) is 5.75 Å². The van der Waals surface area contributed by atoms with Gasteiger partial charge in [-0.3, -0.25) is 9.52 Å². The number of anilines is 1. The van der Waals surface area contributed by atoms with Crippen molar-refractivity contribution in [1.29, 1.82) is 0 Å².